The molecule has 0 aliphatic carbocycles. The fourth-order valence-corrected chi connectivity index (χ4v) is 8.60. The zero-order valence-corrected chi connectivity index (χ0v) is 42.4. The molecule has 398 valence electrons. The topological polar surface area (TPSA) is 280 Å². The largest absolute Gasteiger partial charge is 0.480 e. The van der Waals surface area contributed by atoms with Gasteiger partial charge in [0.2, 0.25) is 41.4 Å². The van der Waals surface area contributed by atoms with Gasteiger partial charge in [-0.05, 0) is 66.8 Å². The maximum Gasteiger partial charge on any atom is 0.326 e. The number of aliphatic hydroxyl groups is 1. The van der Waals surface area contributed by atoms with Gasteiger partial charge in [0.1, 0.15) is 30.8 Å². The molecule has 0 spiro atoms. The van der Waals surface area contributed by atoms with E-state index in [2.05, 4.69) is 21.3 Å². The maximum atomic E-state index is 15.1. The number of imide groups is 1. The van der Waals surface area contributed by atoms with Gasteiger partial charge in [-0.25, -0.2) is 13.6 Å². The van der Waals surface area contributed by atoms with E-state index in [-0.39, 0.29) is 70.1 Å². The van der Waals surface area contributed by atoms with E-state index >= 15 is 4.39 Å². The van der Waals surface area contributed by atoms with E-state index in [4.69, 9.17) is 5.73 Å². The number of amides is 7. The molecule has 1 aliphatic heterocycles. The summed E-state index contributed by atoms with van der Waals surface area (Å²) in [5.41, 5.74) is 7.47. The van der Waals surface area contributed by atoms with Crippen molar-refractivity contribution in [3.8, 4) is 11.1 Å². The van der Waals surface area contributed by atoms with Crippen LogP contribution in [0.2, 0.25) is 0 Å². The summed E-state index contributed by atoms with van der Waals surface area (Å²) >= 11 is 0. The zero-order valence-electron chi connectivity index (χ0n) is 42.4. The minimum absolute atomic E-state index is 0.00846. The van der Waals surface area contributed by atoms with Crippen LogP contribution in [0.25, 0.3) is 11.1 Å². The minimum Gasteiger partial charge on any atom is -0.480 e. The van der Waals surface area contributed by atoms with Crippen molar-refractivity contribution in [2.24, 2.45) is 23.0 Å². The smallest absolute Gasteiger partial charge is 0.326 e. The third kappa shape index (κ3) is 17.4. The number of unbranched alkanes of at least 4 members (excludes halogenated alkanes) is 1. The number of carbonyl (C=O) groups is 9. The standard InChI is InChI=1S/C52H70F2N8O11/c1-31(2)47(59-43(66)29-62-44(67)17-18-45(62)68)41(64)24-32(3)49(70)58-39(51(72)73)14-10-11-21-56-42(65)19-22-57-50(71)38(55)20-23-61(46(69)30-63)48(52(4,5)6)40-25-34(36-26-35(53)15-16-37(36)54)28-60(40)27-33-12-8-7-9-13-33/h7-9,12-13,15-16,25-26,28,31-32,38-39,47-48,63H,10-11,14,17-24,27,29-30,55H2,1-6H3,(H,56,65)(H,57,71)(H,58,70)(H,59,66)(H,72,73)/t32-,38+,39+,47+,48+/m1/s1. The number of carboxylic acid groups (broad SMARTS) is 1. The normalized spacial score (nSPS) is 14.8. The fraction of sp³-hybridized carbons (Fsp3) is 0.519. The first kappa shape index (κ1) is 58.7. The molecule has 0 unspecified atom stereocenters. The Morgan fingerprint density at radius 1 is 0.836 bits per heavy atom. The molecule has 8 N–H and O–H groups in total. The highest BCUT2D eigenvalue weighted by Crippen LogP contribution is 2.41. The number of Topliss-reactive ketones (excluding diaryl/α,β-unsaturated/α-hetero) is 1. The highest BCUT2D eigenvalue weighted by atomic mass is 19.1. The van der Waals surface area contributed by atoms with Gasteiger partial charge in [-0.3, -0.25) is 43.3 Å². The number of ketones is 1. The van der Waals surface area contributed by atoms with Crippen LogP contribution in [0, 0.1) is 28.9 Å². The number of carboxylic acids is 1. The summed E-state index contributed by atoms with van der Waals surface area (Å²) in [5, 5.41) is 30.3. The van der Waals surface area contributed by atoms with Crippen molar-refractivity contribution in [1.29, 1.82) is 0 Å². The number of nitrogens with zero attached hydrogens (tertiary/aromatic N) is 3. The van der Waals surface area contributed by atoms with E-state index in [1.165, 1.54) is 11.8 Å². The second kappa shape index (κ2) is 27.3. The molecule has 1 aromatic heterocycles. The first-order chi connectivity index (χ1) is 34.4. The van der Waals surface area contributed by atoms with E-state index in [9.17, 15) is 57.8 Å². The highest BCUT2D eigenvalue weighted by Gasteiger charge is 2.38. The van der Waals surface area contributed by atoms with Crippen LogP contribution in [0.3, 0.4) is 0 Å². The molecule has 2 aromatic carbocycles. The molecule has 21 heteroatoms. The summed E-state index contributed by atoms with van der Waals surface area (Å²) in [6.45, 7) is 9.44. The van der Waals surface area contributed by atoms with E-state index in [0.717, 1.165) is 28.7 Å². The third-order valence-electron chi connectivity index (χ3n) is 12.5. The number of benzene rings is 2. The Labute approximate surface area is 424 Å². The van der Waals surface area contributed by atoms with Gasteiger partial charge in [0.25, 0.3) is 0 Å². The van der Waals surface area contributed by atoms with E-state index in [0.29, 0.717) is 24.2 Å². The summed E-state index contributed by atoms with van der Waals surface area (Å²) in [6, 6.07) is 10.1. The molecule has 7 amide bonds. The van der Waals surface area contributed by atoms with Crippen LogP contribution >= 0.6 is 0 Å². The first-order valence-corrected chi connectivity index (χ1v) is 24.5. The van der Waals surface area contributed by atoms with Gasteiger partial charge < -0.3 is 46.7 Å². The van der Waals surface area contributed by atoms with Crippen LogP contribution in [-0.2, 0) is 49.7 Å². The van der Waals surface area contributed by atoms with Crippen LogP contribution < -0.4 is 27.0 Å². The van der Waals surface area contributed by atoms with E-state index in [1.807, 2.05) is 55.7 Å². The van der Waals surface area contributed by atoms with Crippen LogP contribution in [0.1, 0.15) is 110 Å². The van der Waals surface area contributed by atoms with Gasteiger partial charge in [-0.15, -0.1) is 0 Å². The molecule has 0 radical (unpaired) electrons. The van der Waals surface area contributed by atoms with Crippen LogP contribution in [0.4, 0.5) is 8.78 Å². The summed E-state index contributed by atoms with van der Waals surface area (Å²) in [6.07, 6.45) is 1.88. The first-order valence-electron chi connectivity index (χ1n) is 24.5. The maximum absolute atomic E-state index is 15.1. The number of hydrogen-bond acceptors (Lipinski definition) is 11. The highest BCUT2D eigenvalue weighted by molar-refractivity contribution is 6.05. The van der Waals surface area contributed by atoms with Crippen molar-refractivity contribution < 1.29 is 62.1 Å². The van der Waals surface area contributed by atoms with Crippen LogP contribution in [-0.4, -0.2) is 129 Å². The molecule has 1 saturated heterocycles. The second-order valence-corrected chi connectivity index (χ2v) is 19.8. The number of aromatic nitrogens is 1. The summed E-state index contributed by atoms with van der Waals surface area (Å²) in [7, 11) is 0. The Morgan fingerprint density at radius 2 is 1.51 bits per heavy atom. The molecule has 0 saturated carbocycles. The molecular formula is C52H70F2N8O11. The molecule has 1 aliphatic rings. The van der Waals surface area contributed by atoms with Gasteiger partial charge in [0.05, 0.1) is 18.1 Å². The predicted molar refractivity (Wildman–Crippen MR) is 264 cm³/mol. The van der Waals surface area contributed by atoms with Crippen molar-refractivity contribution in [1.82, 2.24) is 35.6 Å². The lowest BCUT2D eigenvalue weighted by Crippen LogP contribution is -2.50. The summed E-state index contributed by atoms with van der Waals surface area (Å²) < 4.78 is 31.4. The number of hydrogen-bond donors (Lipinski definition) is 7. The molecule has 2 heterocycles. The molecular weight excluding hydrogens is 951 g/mol. The summed E-state index contributed by atoms with van der Waals surface area (Å²) in [4.78, 5) is 116. The molecule has 4 rings (SSSR count). The SMILES string of the molecule is CC(C)[C@H](NC(=O)CN1C(=O)CCC1=O)C(=O)C[C@@H](C)C(=O)N[C@@H](CCCCNC(=O)CCNC(=O)[C@@H](N)CCN(C(=O)CO)[C@@H](c1cc(-c2cc(F)ccc2F)cn1Cc1ccccc1)C(C)(C)C)C(=O)O. The molecule has 3 aromatic rings. The number of halogens is 2. The van der Waals surface area contributed by atoms with Gasteiger partial charge in [0, 0.05) is 80.8 Å². The Morgan fingerprint density at radius 3 is 2.12 bits per heavy atom. The zero-order chi connectivity index (χ0) is 54.2. The molecule has 0 bridgehead atoms. The van der Waals surface area contributed by atoms with E-state index < -0.39 is 119 Å². The second-order valence-electron chi connectivity index (χ2n) is 19.8. The Hall–Kier alpha value is -6.87. The quantitative estimate of drug-likeness (QED) is 0.0408. The van der Waals surface area contributed by atoms with Crippen molar-refractivity contribution >= 4 is 53.1 Å². The van der Waals surface area contributed by atoms with Gasteiger partial charge in [-0.2, -0.15) is 0 Å². The van der Waals surface area contributed by atoms with Crippen molar-refractivity contribution in [2.45, 2.75) is 124 Å². The monoisotopic (exact) mass is 1020 g/mol. The number of nitrogens with one attached hydrogen (secondary N) is 4. The number of carbonyl (C=O) groups excluding carboxylic acids is 8. The van der Waals surface area contributed by atoms with Gasteiger partial charge in [-0.1, -0.05) is 71.9 Å². The Balaban J connectivity index is 1.25. The average Bonchev–Trinajstić information content (AvgIpc) is 3.88. The number of aliphatic carboxylic acids is 1. The number of nitrogens with two attached hydrogens (primary N) is 1. The molecule has 5 atom stereocenters. The lowest BCUT2D eigenvalue weighted by atomic mass is 9.82. The van der Waals surface area contributed by atoms with Crippen molar-refractivity contribution in [3.05, 3.63) is 83.7 Å². The minimum atomic E-state index is -1.30. The van der Waals surface area contributed by atoms with Gasteiger partial charge >= 0.3 is 5.97 Å². The predicted octanol–water partition coefficient (Wildman–Crippen LogP) is 3.35. The van der Waals surface area contributed by atoms with Gasteiger partial charge in [0.15, 0.2) is 5.78 Å². The number of rotatable bonds is 28. The average molecular weight is 1020 g/mol. The molecule has 1 fully saturated rings. The lowest BCUT2D eigenvalue weighted by Gasteiger charge is -2.41. The fourth-order valence-electron chi connectivity index (χ4n) is 8.60. The van der Waals surface area contributed by atoms with Crippen molar-refractivity contribution in [2.75, 3.05) is 32.8 Å². The number of aliphatic hydroxyl groups excluding tert-OH is 1. The van der Waals surface area contributed by atoms with E-state index in [1.54, 1.807) is 26.1 Å². The van der Waals surface area contributed by atoms with Crippen molar-refractivity contribution in [3.63, 3.8) is 0 Å². The molecule has 19 nitrogen and oxygen atoms in total. The molecule has 73 heavy (non-hydrogen) atoms. The Kier molecular flexibility index (Phi) is 21.9. The van der Waals surface area contributed by atoms with Crippen LogP contribution in [0.5, 0.6) is 0 Å². The summed E-state index contributed by atoms with van der Waals surface area (Å²) in [5.74, 6) is -8.40. The third-order valence-corrected chi connectivity index (χ3v) is 12.5. The number of likely N-dealkylation sites (tertiary alicyclic amines) is 1. The van der Waals surface area contributed by atoms with Crippen LogP contribution in [0.15, 0.2) is 60.8 Å². The lowest BCUT2D eigenvalue weighted by molar-refractivity contribution is -0.143. The Bertz CT molecular complexity index is 2440.